The second-order valence-corrected chi connectivity index (χ2v) is 6.17. The van der Waals surface area contributed by atoms with E-state index in [4.69, 9.17) is 10.9 Å². The molecule has 0 aliphatic heterocycles. The summed E-state index contributed by atoms with van der Waals surface area (Å²) >= 11 is 0. The number of anilines is 2. The smallest absolute Gasteiger partial charge is 0.238 e. The van der Waals surface area contributed by atoms with Crippen molar-refractivity contribution in [2.45, 2.75) is 17.9 Å². The van der Waals surface area contributed by atoms with Gasteiger partial charge in [0.1, 0.15) is 0 Å². The molecule has 5 nitrogen and oxygen atoms in total. The van der Waals surface area contributed by atoms with E-state index in [2.05, 4.69) is 5.32 Å². The molecule has 20 heavy (non-hydrogen) atoms. The minimum atomic E-state index is -3.77. The maximum Gasteiger partial charge on any atom is 0.238 e. The molecule has 1 atom stereocenters. The summed E-state index contributed by atoms with van der Waals surface area (Å²) in [7, 11) is -3.77. The molecule has 0 saturated heterocycles. The first-order chi connectivity index (χ1) is 9.36. The molecule has 2 rings (SSSR count). The molecule has 0 fully saturated rings. The van der Waals surface area contributed by atoms with Crippen LogP contribution in [0.4, 0.5) is 11.4 Å². The van der Waals surface area contributed by atoms with Gasteiger partial charge in [-0.25, -0.2) is 13.6 Å². The van der Waals surface area contributed by atoms with Gasteiger partial charge in [-0.1, -0.05) is 30.3 Å². The third-order valence-corrected chi connectivity index (χ3v) is 3.83. The average Bonchev–Trinajstić information content (AvgIpc) is 2.38. The number of benzene rings is 2. The van der Waals surface area contributed by atoms with Crippen LogP contribution in [0.5, 0.6) is 0 Å². The number of nitrogen functional groups attached to an aromatic ring is 1. The van der Waals surface area contributed by atoms with E-state index in [0.717, 1.165) is 5.56 Å². The molecule has 0 aliphatic carbocycles. The van der Waals surface area contributed by atoms with E-state index in [-0.39, 0.29) is 10.9 Å². The topological polar surface area (TPSA) is 98.2 Å². The lowest BCUT2D eigenvalue weighted by molar-refractivity contribution is 0.598. The standard InChI is InChI=1S/C14H17N3O2S/c1-10(11-5-3-2-4-6-11)17-13-7-12(15)8-14(9-13)20(16,18)19/h2-10,17H,15H2,1H3,(H2,16,18,19). The summed E-state index contributed by atoms with van der Waals surface area (Å²) < 4.78 is 22.8. The first-order valence-corrected chi connectivity index (χ1v) is 7.66. The number of rotatable bonds is 4. The normalized spacial score (nSPS) is 12.9. The van der Waals surface area contributed by atoms with E-state index in [1.807, 2.05) is 37.3 Å². The van der Waals surface area contributed by atoms with Gasteiger partial charge in [0.2, 0.25) is 10.0 Å². The molecular weight excluding hydrogens is 274 g/mol. The molecule has 106 valence electrons. The SMILES string of the molecule is CC(Nc1cc(N)cc(S(N)(=O)=O)c1)c1ccccc1. The van der Waals surface area contributed by atoms with Crippen molar-refractivity contribution in [2.75, 3.05) is 11.1 Å². The van der Waals surface area contributed by atoms with Crippen LogP contribution in [0.25, 0.3) is 0 Å². The van der Waals surface area contributed by atoms with Crippen LogP contribution in [0.2, 0.25) is 0 Å². The highest BCUT2D eigenvalue weighted by atomic mass is 32.2. The van der Waals surface area contributed by atoms with Crippen LogP contribution >= 0.6 is 0 Å². The molecule has 0 saturated carbocycles. The third-order valence-electron chi connectivity index (χ3n) is 2.94. The number of nitrogens with two attached hydrogens (primary N) is 2. The van der Waals surface area contributed by atoms with Gasteiger partial charge < -0.3 is 11.1 Å². The highest BCUT2D eigenvalue weighted by molar-refractivity contribution is 7.89. The van der Waals surface area contributed by atoms with E-state index in [1.54, 1.807) is 6.07 Å². The van der Waals surface area contributed by atoms with E-state index in [9.17, 15) is 8.42 Å². The molecule has 0 heterocycles. The van der Waals surface area contributed by atoms with Gasteiger partial charge in [0.05, 0.1) is 4.90 Å². The third kappa shape index (κ3) is 3.49. The molecule has 0 radical (unpaired) electrons. The van der Waals surface area contributed by atoms with Crippen molar-refractivity contribution in [3.8, 4) is 0 Å². The van der Waals surface area contributed by atoms with Crippen molar-refractivity contribution in [3.05, 3.63) is 54.1 Å². The first-order valence-electron chi connectivity index (χ1n) is 6.11. The van der Waals surface area contributed by atoms with Gasteiger partial charge in [0.15, 0.2) is 0 Å². The van der Waals surface area contributed by atoms with Crippen molar-refractivity contribution in [1.29, 1.82) is 0 Å². The zero-order valence-electron chi connectivity index (χ0n) is 11.1. The number of hydrogen-bond acceptors (Lipinski definition) is 4. The van der Waals surface area contributed by atoms with Crippen LogP contribution in [0.3, 0.4) is 0 Å². The Hall–Kier alpha value is -2.05. The Labute approximate surface area is 118 Å². The van der Waals surface area contributed by atoms with Gasteiger partial charge in [-0.2, -0.15) is 0 Å². The monoisotopic (exact) mass is 291 g/mol. The summed E-state index contributed by atoms with van der Waals surface area (Å²) in [4.78, 5) is 0.000242. The summed E-state index contributed by atoms with van der Waals surface area (Å²) in [6.45, 7) is 1.98. The fourth-order valence-corrected chi connectivity index (χ4v) is 2.54. The highest BCUT2D eigenvalue weighted by Crippen LogP contribution is 2.24. The maximum atomic E-state index is 11.4. The number of nitrogens with one attached hydrogen (secondary N) is 1. The van der Waals surface area contributed by atoms with Crippen molar-refractivity contribution in [2.24, 2.45) is 5.14 Å². The molecule has 0 amide bonds. The fourth-order valence-electron chi connectivity index (χ4n) is 1.94. The van der Waals surface area contributed by atoms with Crippen LogP contribution < -0.4 is 16.2 Å². The van der Waals surface area contributed by atoms with E-state index in [1.165, 1.54) is 12.1 Å². The van der Waals surface area contributed by atoms with Gasteiger partial charge in [0, 0.05) is 17.4 Å². The van der Waals surface area contributed by atoms with Gasteiger partial charge >= 0.3 is 0 Å². The lowest BCUT2D eigenvalue weighted by Gasteiger charge is -2.16. The molecule has 0 spiro atoms. The minimum absolute atomic E-state index is 0.000242. The summed E-state index contributed by atoms with van der Waals surface area (Å²) in [6, 6.07) is 14.3. The summed E-state index contributed by atoms with van der Waals surface area (Å²) in [5.74, 6) is 0. The van der Waals surface area contributed by atoms with Gasteiger partial charge in [0.25, 0.3) is 0 Å². The molecule has 0 aromatic heterocycles. The van der Waals surface area contributed by atoms with E-state index in [0.29, 0.717) is 11.4 Å². The fraction of sp³-hybridized carbons (Fsp3) is 0.143. The van der Waals surface area contributed by atoms with Crippen molar-refractivity contribution >= 4 is 21.4 Å². The zero-order chi connectivity index (χ0) is 14.8. The van der Waals surface area contributed by atoms with Crippen molar-refractivity contribution in [3.63, 3.8) is 0 Å². The second kappa shape index (κ2) is 5.52. The lowest BCUT2D eigenvalue weighted by Crippen LogP contribution is -2.14. The highest BCUT2D eigenvalue weighted by Gasteiger charge is 2.11. The summed E-state index contributed by atoms with van der Waals surface area (Å²) in [5, 5.41) is 8.34. The predicted octanol–water partition coefficient (Wildman–Crippen LogP) is 2.09. The molecular formula is C14H17N3O2S. The Bertz CT molecular complexity index is 700. The lowest BCUT2D eigenvalue weighted by atomic mass is 10.1. The molecule has 0 bridgehead atoms. The minimum Gasteiger partial charge on any atom is -0.399 e. The first kappa shape index (κ1) is 14.4. The molecule has 1 unspecified atom stereocenters. The predicted molar refractivity (Wildman–Crippen MR) is 80.7 cm³/mol. The van der Waals surface area contributed by atoms with Crippen molar-refractivity contribution in [1.82, 2.24) is 0 Å². The van der Waals surface area contributed by atoms with Gasteiger partial charge in [-0.05, 0) is 30.7 Å². The number of hydrogen-bond donors (Lipinski definition) is 3. The maximum absolute atomic E-state index is 11.4. The largest absolute Gasteiger partial charge is 0.399 e. The number of sulfonamides is 1. The zero-order valence-corrected chi connectivity index (χ0v) is 11.9. The van der Waals surface area contributed by atoms with Crippen LogP contribution in [0.1, 0.15) is 18.5 Å². The van der Waals surface area contributed by atoms with Crippen LogP contribution in [-0.2, 0) is 10.0 Å². The van der Waals surface area contributed by atoms with Crippen LogP contribution in [-0.4, -0.2) is 8.42 Å². The van der Waals surface area contributed by atoms with E-state index >= 15 is 0 Å². The molecule has 2 aromatic carbocycles. The van der Waals surface area contributed by atoms with Gasteiger partial charge in [-0.15, -0.1) is 0 Å². The quantitative estimate of drug-likeness (QED) is 0.751. The van der Waals surface area contributed by atoms with Crippen LogP contribution in [0, 0.1) is 0 Å². The van der Waals surface area contributed by atoms with Crippen LogP contribution in [0.15, 0.2) is 53.4 Å². The Kier molecular flexibility index (Phi) is 3.96. The van der Waals surface area contributed by atoms with E-state index < -0.39 is 10.0 Å². The summed E-state index contributed by atoms with van der Waals surface area (Å²) in [6.07, 6.45) is 0. The number of primary sulfonamides is 1. The Morgan fingerprint density at radius 3 is 2.35 bits per heavy atom. The summed E-state index contributed by atoms with van der Waals surface area (Å²) in [5.41, 5.74) is 7.76. The molecule has 6 heteroatoms. The van der Waals surface area contributed by atoms with Crippen molar-refractivity contribution < 1.29 is 8.42 Å². The average molecular weight is 291 g/mol. The Balaban J connectivity index is 2.28. The second-order valence-electron chi connectivity index (χ2n) is 4.61. The Morgan fingerprint density at radius 1 is 1.10 bits per heavy atom. The Morgan fingerprint density at radius 2 is 1.75 bits per heavy atom. The van der Waals surface area contributed by atoms with Gasteiger partial charge in [-0.3, -0.25) is 0 Å². The molecule has 5 N–H and O–H groups in total. The molecule has 0 aliphatic rings. The molecule has 2 aromatic rings.